The third-order valence-corrected chi connectivity index (χ3v) is 4.46. The molecule has 3 aromatic rings. The molecule has 7 nitrogen and oxygen atoms in total. The minimum Gasteiger partial charge on any atom is -0.397 e. The summed E-state index contributed by atoms with van der Waals surface area (Å²) in [5, 5.41) is 11.4. The van der Waals surface area contributed by atoms with Gasteiger partial charge in [0.1, 0.15) is 17.5 Å². The molecule has 0 aliphatic heterocycles. The first kappa shape index (κ1) is 16.2. The van der Waals surface area contributed by atoms with Crippen molar-refractivity contribution >= 4 is 34.1 Å². The maximum Gasteiger partial charge on any atom is 0.231 e. The van der Waals surface area contributed by atoms with Crippen LogP contribution in [0.4, 0.5) is 21.7 Å². The van der Waals surface area contributed by atoms with Crippen molar-refractivity contribution in [2.24, 2.45) is 5.92 Å². The van der Waals surface area contributed by atoms with Gasteiger partial charge in [0.25, 0.3) is 0 Å². The van der Waals surface area contributed by atoms with Crippen LogP contribution < -0.4 is 16.8 Å². The molecule has 26 heavy (non-hydrogen) atoms. The van der Waals surface area contributed by atoms with Crippen LogP contribution in [0.15, 0.2) is 30.5 Å². The smallest absolute Gasteiger partial charge is 0.231 e. The van der Waals surface area contributed by atoms with Gasteiger partial charge in [0.15, 0.2) is 5.82 Å². The summed E-state index contributed by atoms with van der Waals surface area (Å²) in [6.07, 6.45) is 0.886. The molecule has 1 aliphatic rings. The molecule has 0 unspecified atom stereocenters. The van der Waals surface area contributed by atoms with Crippen molar-refractivity contribution in [3.05, 3.63) is 36.0 Å². The van der Waals surface area contributed by atoms with Gasteiger partial charge in [0.2, 0.25) is 5.91 Å². The molecule has 5 N–H and O–H groups in total. The summed E-state index contributed by atoms with van der Waals surface area (Å²) in [5.74, 6) is -0.256. The minimum absolute atomic E-state index is 0.257. The molecule has 1 amide bonds. The molecular weight excluding hydrogens is 335 g/mol. The second-order valence-electron chi connectivity index (χ2n) is 6.50. The number of amides is 1. The lowest BCUT2D eigenvalue weighted by atomic mass is 10.00. The molecule has 2 aromatic heterocycles. The number of benzene rings is 1. The SMILES string of the molecule is Cc1cc(N)ncc1-c1cc(N)c2nnc(NC(=O)[C@H]3C[C@H]3F)cc2c1. The monoisotopic (exact) mass is 352 g/mol. The molecule has 4 rings (SSSR count). The first-order valence-corrected chi connectivity index (χ1v) is 8.17. The van der Waals surface area contributed by atoms with Crippen molar-refractivity contribution in [3.63, 3.8) is 0 Å². The van der Waals surface area contributed by atoms with Gasteiger partial charge in [-0.3, -0.25) is 4.79 Å². The Kier molecular flexibility index (Phi) is 3.68. The van der Waals surface area contributed by atoms with Gasteiger partial charge in [-0.1, -0.05) is 0 Å². The Bertz CT molecular complexity index is 1040. The van der Waals surface area contributed by atoms with Crippen molar-refractivity contribution in [1.82, 2.24) is 15.2 Å². The second-order valence-corrected chi connectivity index (χ2v) is 6.50. The lowest BCUT2D eigenvalue weighted by Crippen LogP contribution is -2.16. The highest BCUT2D eigenvalue weighted by atomic mass is 19.1. The molecule has 1 aliphatic carbocycles. The zero-order valence-corrected chi connectivity index (χ0v) is 14.0. The van der Waals surface area contributed by atoms with Gasteiger partial charge in [-0.2, -0.15) is 0 Å². The number of nitrogens with zero attached hydrogens (tertiary/aromatic N) is 3. The zero-order valence-electron chi connectivity index (χ0n) is 14.0. The lowest BCUT2D eigenvalue weighted by molar-refractivity contribution is -0.117. The molecule has 2 heterocycles. The van der Waals surface area contributed by atoms with Crippen LogP contribution in [0, 0.1) is 12.8 Å². The van der Waals surface area contributed by atoms with Gasteiger partial charge >= 0.3 is 0 Å². The van der Waals surface area contributed by atoms with E-state index in [-0.39, 0.29) is 18.1 Å². The van der Waals surface area contributed by atoms with Crippen LogP contribution in [0.3, 0.4) is 0 Å². The van der Waals surface area contributed by atoms with Gasteiger partial charge in [0.05, 0.1) is 11.6 Å². The Morgan fingerprint density at radius 2 is 2.00 bits per heavy atom. The van der Waals surface area contributed by atoms with Gasteiger partial charge in [-0.15, -0.1) is 10.2 Å². The number of rotatable bonds is 3. The molecule has 0 radical (unpaired) electrons. The Morgan fingerprint density at radius 1 is 1.23 bits per heavy atom. The third-order valence-electron chi connectivity index (χ3n) is 4.46. The fraction of sp³-hybridized carbons (Fsp3) is 0.222. The van der Waals surface area contributed by atoms with Crippen LogP contribution in [-0.2, 0) is 4.79 Å². The summed E-state index contributed by atoms with van der Waals surface area (Å²) in [5.41, 5.74) is 15.5. The highest BCUT2D eigenvalue weighted by molar-refractivity contribution is 5.98. The number of anilines is 3. The summed E-state index contributed by atoms with van der Waals surface area (Å²) < 4.78 is 13.0. The number of alkyl halides is 1. The van der Waals surface area contributed by atoms with Gasteiger partial charge < -0.3 is 16.8 Å². The number of halogens is 1. The van der Waals surface area contributed by atoms with E-state index in [1.807, 2.05) is 13.0 Å². The van der Waals surface area contributed by atoms with Crippen LogP contribution in [0.25, 0.3) is 22.0 Å². The molecule has 8 heteroatoms. The first-order valence-electron chi connectivity index (χ1n) is 8.17. The van der Waals surface area contributed by atoms with Crippen molar-refractivity contribution in [1.29, 1.82) is 0 Å². The summed E-state index contributed by atoms with van der Waals surface area (Å²) in [6, 6.07) is 7.16. The van der Waals surface area contributed by atoms with E-state index in [0.29, 0.717) is 22.4 Å². The first-order chi connectivity index (χ1) is 12.4. The number of hydrogen-bond acceptors (Lipinski definition) is 6. The quantitative estimate of drug-likeness (QED) is 0.623. The van der Waals surface area contributed by atoms with Gasteiger partial charge in [-0.05, 0) is 48.7 Å². The summed E-state index contributed by atoms with van der Waals surface area (Å²) in [7, 11) is 0. The number of nitrogen functional groups attached to an aromatic ring is 2. The number of carbonyl (C=O) groups is 1. The Hall–Kier alpha value is -3.29. The molecule has 2 atom stereocenters. The summed E-state index contributed by atoms with van der Waals surface area (Å²) >= 11 is 0. The van der Waals surface area contributed by atoms with Gasteiger partial charge in [-0.25, -0.2) is 9.37 Å². The average Bonchev–Trinajstić information content (AvgIpc) is 3.31. The number of aryl methyl sites for hydroxylation is 1. The molecule has 1 saturated carbocycles. The van der Waals surface area contributed by atoms with E-state index in [2.05, 4.69) is 20.5 Å². The molecule has 1 aromatic carbocycles. The predicted molar refractivity (Wildman–Crippen MR) is 98.0 cm³/mol. The summed E-state index contributed by atoms with van der Waals surface area (Å²) in [4.78, 5) is 16.0. The number of carbonyl (C=O) groups excluding carboxylic acids is 1. The Morgan fingerprint density at radius 3 is 2.69 bits per heavy atom. The van der Waals surface area contributed by atoms with E-state index in [9.17, 15) is 9.18 Å². The highest BCUT2D eigenvalue weighted by Gasteiger charge is 2.43. The molecule has 132 valence electrons. The normalized spacial score (nSPS) is 18.7. The third kappa shape index (κ3) is 2.90. The molecule has 0 spiro atoms. The highest BCUT2D eigenvalue weighted by Crippen LogP contribution is 2.35. The zero-order chi connectivity index (χ0) is 18.4. The Labute approximate surface area is 148 Å². The molecule has 0 bridgehead atoms. The van der Waals surface area contributed by atoms with Gasteiger partial charge in [0, 0.05) is 17.1 Å². The number of hydrogen-bond donors (Lipinski definition) is 3. The lowest BCUT2D eigenvalue weighted by Gasteiger charge is -2.10. The van der Waals surface area contributed by atoms with E-state index >= 15 is 0 Å². The molecular formula is C18H17FN6O. The number of nitrogens with one attached hydrogen (secondary N) is 1. The fourth-order valence-electron chi connectivity index (χ4n) is 2.94. The number of nitrogens with two attached hydrogens (primary N) is 2. The standard InChI is InChI=1S/C18H17FN6O/c1-8-2-15(21)22-7-12(8)9-3-10-5-16(23-18(26)11-6-13(11)19)24-25-17(10)14(20)4-9/h2-5,7,11,13H,6,20H2,1H3,(H2,21,22)(H,23,24,26)/t11-,13+/m0/s1. The second kappa shape index (κ2) is 5.91. The van der Waals surface area contributed by atoms with E-state index in [1.165, 1.54) is 0 Å². The van der Waals surface area contributed by atoms with Crippen LogP contribution in [0.5, 0.6) is 0 Å². The van der Waals surface area contributed by atoms with E-state index in [4.69, 9.17) is 11.5 Å². The maximum atomic E-state index is 13.0. The topological polar surface area (TPSA) is 120 Å². The van der Waals surface area contributed by atoms with E-state index < -0.39 is 12.1 Å². The average molecular weight is 352 g/mol. The maximum absolute atomic E-state index is 13.0. The van der Waals surface area contributed by atoms with E-state index in [1.54, 1.807) is 24.4 Å². The largest absolute Gasteiger partial charge is 0.397 e. The van der Waals surface area contributed by atoms with Crippen LogP contribution in [-0.4, -0.2) is 27.3 Å². The molecule has 0 saturated heterocycles. The molecule has 1 fully saturated rings. The van der Waals surface area contributed by atoms with Crippen molar-refractivity contribution < 1.29 is 9.18 Å². The summed E-state index contributed by atoms with van der Waals surface area (Å²) in [6.45, 7) is 1.94. The van der Waals surface area contributed by atoms with Crippen molar-refractivity contribution in [2.75, 3.05) is 16.8 Å². The van der Waals surface area contributed by atoms with Crippen LogP contribution in [0.1, 0.15) is 12.0 Å². The number of pyridine rings is 1. The van der Waals surface area contributed by atoms with Crippen molar-refractivity contribution in [2.45, 2.75) is 19.5 Å². The predicted octanol–water partition coefficient (Wildman–Crippen LogP) is 2.46. The fourth-order valence-corrected chi connectivity index (χ4v) is 2.94. The number of aromatic nitrogens is 3. The van der Waals surface area contributed by atoms with Crippen LogP contribution in [0.2, 0.25) is 0 Å². The minimum atomic E-state index is -1.06. The number of fused-ring (bicyclic) bond motifs is 1. The van der Waals surface area contributed by atoms with Crippen LogP contribution >= 0.6 is 0 Å². The van der Waals surface area contributed by atoms with Crippen molar-refractivity contribution in [3.8, 4) is 11.1 Å². The van der Waals surface area contributed by atoms with E-state index in [0.717, 1.165) is 16.7 Å². The Balaban J connectivity index is 1.73.